The fourth-order valence-corrected chi connectivity index (χ4v) is 5.11. The average molecular weight is 421 g/mol. The summed E-state index contributed by atoms with van der Waals surface area (Å²) >= 11 is 0. The van der Waals surface area contributed by atoms with Crippen LogP contribution in [0.15, 0.2) is 53.1 Å². The molecule has 0 aliphatic carbocycles. The number of carbonyl (C=O) groups excluding carboxylic acids is 1. The van der Waals surface area contributed by atoms with Crippen molar-refractivity contribution in [2.45, 2.75) is 24.8 Å². The lowest BCUT2D eigenvalue weighted by atomic mass is 9.74. The van der Waals surface area contributed by atoms with Gasteiger partial charge in [-0.05, 0) is 67.8 Å². The first-order chi connectivity index (χ1) is 15.1. The molecule has 1 aromatic carbocycles. The Morgan fingerprint density at radius 2 is 2.13 bits per heavy atom. The van der Waals surface area contributed by atoms with Crippen LogP contribution in [0, 0.1) is 5.92 Å². The summed E-state index contributed by atoms with van der Waals surface area (Å²) in [5.74, 6) is 2.60. The second-order valence-corrected chi connectivity index (χ2v) is 8.53. The molecule has 3 aliphatic heterocycles. The predicted molar refractivity (Wildman–Crippen MR) is 117 cm³/mol. The number of amides is 1. The molecule has 2 aromatic heterocycles. The van der Waals surface area contributed by atoms with Crippen molar-refractivity contribution in [2.24, 2.45) is 13.0 Å². The topological polar surface area (TPSA) is 72.5 Å². The number of aryl methyl sites for hydroxylation is 1. The van der Waals surface area contributed by atoms with E-state index in [9.17, 15) is 4.79 Å². The van der Waals surface area contributed by atoms with Crippen molar-refractivity contribution in [1.29, 1.82) is 0 Å². The van der Waals surface area contributed by atoms with Gasteiger partial charge in [-0.15, -0.1) is 0 Å². The fraction of sp³-hybridized carbons (Fsp3) is 0.417. The van der Waals surface area contributed by atoms with Crippen LogP contribution in [-0.4, -0.2) is 53.4 Å². The number of ether oxygens (including phenoxy) is 1. The van der Waals surface area contributed by atoms with E-state index in [-0.39, 0.29) is 5.91 Å². The quantitative estimate of drug-likeness (QED) is 0.663. The van der Waals surface area contributed by atoms with Gasteiger partial charge in [0.2, 0.25) is 0 Å². The molecular formula is C24H28N4O3. The van der Waals surface area contributed by atoms with Crippen molar-refractivity contribution >= 4 is 5.91 Å². The first kappa shape index (κ1) is 19.9. The molecule has 31 heavy (non-hydrogen) atoms. The van der Waals surface area contributed by atoms with E-state index in [1.807, 2.05) is 36.0 Å². The Kier molecular flexibility index (Phi) is 5.28. The van der Waals surface area contributed by atoms with Gasteiger partial charge in [-0.3, -0.25) is 14.4 Å². The molecule has 3 aliphatic rings. The normalized spacial score (nSPS) is 24.8. The van der Waals surface area contributed by atoms with Gasteiger partial charge in [0.25, 0.3) is 5.91 Å². The van der Waals surface area contributed by atoms with Gasteiger partial charge in [0.15, 0.2) is 5.76 Å². The Bertz CT molecular complexity index is 1040. The molecule has 1 N–H and O–H groups in total. The van der Waals surface area contributed by atoms with Crippen LogP contribution in [-0.2, 0) is 7.05 Å². The van der Waals surface area contributed by atoms with E-state index in [0.717, 1.165) is 36.7 Å². The van der Waals surface area contributed by atoms with E-state index >= 15 is 0 Å². The zero-order valence-electron chi connectivity index (χ0n) is 18.0. The number of hydrogen-bond acceptors (Lipinski definition) is 5. The first-order valence-electron chi connectivity index (χ1n) is 10.9. The van der Waals surface area contributed by atoms with Crippen LogP contribution in [0.1, 0.15) is 34.8 Å². The molecule has 6 rings (SSSR count). The van der Waals surface area contributed by atoms with Crippen molar-refractivity contribution in [1.82, 2.24) is 20.0 Å². The number of rotatable bonds is 6. The van der Waals surface area contributed by atoms with Gasteiger partial charge in [0, 0.05) is 43.4 Å². The van der Waals surface area contributed by atoms with Crippen LogP contribution in [0.3, 0.4) is 0 Å². The molecule has 0 saturated carbocycles. The lowest BCUT2D eigenvalue weighted by Gasteiger charge is -2.50. The number of nitrogens with one attached hydrogen (secondary N) is 1. The van der Waals surface area contributed by atoms with E-state index in [4.69, 9.17) is 9.15 Å². The van der Waals surface area contributed by atoms with Crippen LogP contribution in [0.5, 0.6) is 5.75 Å². The summed E-state index contributed by atoms with van der Waals surface area (Å²) in [5.41, 5.74) is 2.82. The minimum absolute atomic E-state index is 0.0309. The SMILES string of the molecule is COc1ccc(C(=O)NC[C@H]2C[C@@H]3CCN2C[C@@H]3c2cc(-c3ccco3)nn2C)cc1. The molecule has 1 unspecified atom stereocenters. The van der Waals surface area contributed by atoms with Gasteiger partial charge in [-0.1, -0.05) is 0 Å². The lowest BCUT2D eigenvalue weighted by molar-refractivity contribution is 0.0280. The number of carbonyl (C=O) groups is 1. The second-order valence-electron chi connectivity index (χ2n) is 8.53. The van der Waals surface area contributed by atoms with Crippen molar-refractivity contribution in [3.63, 3.8) is 0 Å². The number of piperidine rings is 3. The number of furan rings is 1. The van der Waals surface area contributed by atoms with Gasteiger partial charge in [-0.2, -0.15) is 5.10 Å². The van der Waals surface area contributed by atoms with Gasteiger partial charge in [0.05, 0.1) is 13.4 Å². The monoisotopic (exact) mass is 420 g/mol. The molecule has 3 fully saturated rings. The summed E-state index contributed by atoms with van der Waals surface area (Å²) in [5, 5.41) is 7.80. The number of methoxy groups -OCH3 is 1. The third-order valence-electron chi connectivity index (χ3n) is 6.80. The van der Waals surface area contributed by atoms with Gasteiger partial charge in [-0.25, -0.2) is 0 Å². The maximum atomic E-state index is 12.5. The van der Waals surface area contributed by atoms with E-state index in [2.05, 4.69) is 21.4 Å². The molecule has 5 heterocycles. The zero-order valence-corrected chi connectivity index (χ0v) is 18.0. The predicted octanol–water partition coefficient (Wildman–Crippen LogP) is 3.30. The van der Waals surface area contributed by atoms with Crippen LogP contribution in [0.4, 0.5) is 0 Å². The highest BCUT2D eigenvalue weighted by molar-refractivity contribution is 5.94. The molecule has 7 nitrogen and oxygen atoms in total. The molecule has 3 aromatic rings. The maximum Gasteiger partial charge on any atom is 0.251 e. The van der Waals surface area contributed by atoms with Gasteiger partial charge < -0.3 is 14.5 Å². The molecular weight excluding hydrogens is 392 g/mol. The zero-order chi connectivity index (χ0) is 21.4. The number of benzene rings is 1. The Labute approximate surface area is 182 Å². The largest absolute Gasteiger partial charge is 0.497 e. The van der Waals surface area contributed by atoms with E-state index in [0.29, 0.717) is 30.0 Å². The summed E-state index contributed by atoms with van der Waals surface area (Å²) in [7, 11) is 3.64. The van der Waals surface area contributed by atoms with Crippen LogP contribution in [0.25, 0.3) is 11.5 Å². The molecule has 7 heteroatoms. The number of nitrogens with zero attached hydrogens (tertiary/aromatic N) is 3. The number of aromatic nitrogens is 2. The third kappa shape index (κ3) is 3.85. The van der Waals surface area contributed by atoms with Crippen molar-refractivity contribution in [3.05, 3.63) is 60.0 Å². The molecule has 162 valence electrons. The Balaban J connectivity index is 1.23. The highest BCUT2D eigenvalue weighted by atomic mass is 16.5. The highest BCUT2D eigenvalue weighted by Gasteiger charge is 2.41. The first-order valence-corrected chi connectivity index (χ1v) is 10.9. The molecule has 3 saturated heterocycles. The lowest BCUT2D eigenvalue weighted by Crippen LogP contribution is -2.56. The van der Waals surface area contributed by atoms with Gasteiger partial charge in [0.1, 0.15) is 11.4 Å². The molecule has 2 bridgehead atoms. The van der Waals surface area contributed by atoms with Crippen molar-refractivity contribution in [2.75, 3.05) is 26.7 Å². The standard InChI is InChI=1S/C24H28N4O3/c1-27-22(13-21(26-27)23-4-3-11-31-23)20-15-28-10-9-17(20)12-18(28)14-25-24(29)16-5-7-19(30-2)8-6-16/h3-8,11,13,17-18,20H,9-10,12,14-15H2,1-2H3,(H,25,29)/t17-,18+,20-/m0/s1. The van der Waals surface area contributed by atoms with Crippen LogP contribution in [0.2, 0.25) is 0 Å². The number of fused-ring (bicyclic) bond motifs is 3. The van der Waals surface area contributed by atoms with Crippen LogP contribution >= 0.6 is 0 Å². The fourth-order valence-electron chi connectivity index (χ4n) is 5.11. The van der Waals surface area contributed by atoms with Crippen molar-refractivity contribution < 1.29 is 13.9 Å². The summed E-state index contributed by atoms with van der Waals surface area (Å²) in [6.45, 7) is 2.77. The van der Waals surface area contributed by atoms with Crippen LogP contribution < -0.4 is 10.1 Å². The molecule has 0 radical (unpaired) electrons. The summed E-state index contributed by atoms with van der Waals surface area (Å²) in [4.78, 5) is 15.1. The Morgan fingerprint density at radius 1 is 1.29 bits per heavy atom. The van der Waals surface area contributed by atoms with E-state index in [1.165, 1.54) is 12.1 Å². The Hall–Kier alpha value is -3.06. The maximum absolute atomic E-state index is 12.5. The third-order valence-corrected chi connectivity index (χ3v) is 6.80. The summed E-state index contributed by atoms with van der Waals surface area (Å²) in [6, 6.07) is 13.6. The average Bonchev–Trinajstić information content (AvgIpc) is 3.48. The summed E-state index contributed by atoms with van der Waals surface area (Å²) in [6.07, 6.45) is 3.96. The second kappa shape index (κ2) is 8.23. The molecule has 0 spiro atoms. The smallest absolute Gasteiger partial charge is 0.251 e. The van der Waals surface area contributed by atoms with Crippen molar-refractivity contribution in [3.8, 4) is 17.2 Å². The molecule has 4 atom stereocenters. The van der Waals surface area contributed by atoms with E-state index in [1.54, 1.807) is 25.5 Å². The highest BCUT2D eigenvalue weighted by Crippen LogP contribution is 2.42. The minimum atomic E-state index is -0.0309. The Morgan fingerprint density at radius 3 is 2.81 bits per heavy atom. The molecule has 1 amide bonds. The minimum Gasteiger partial charge on any atom is -0.497 e. The summed E-state index contributed by atoms with van der Waals surface area (Å²) < 4.78 is 12.7. The number of hydrogen-bond donors (Lipinski definition) is 1. The van der Waals surface area contributed by atoms with E-state index < -0.39 is 0 Å². The van der Waals surface area contributed by atoms with Gasteiger partial charge >= 0.3 is 0 Å².